The van der Waals surface area contributed by atoms with E-state index in [9.17, 15) is 9.59 Å². The fourth-order valence-corrected chi connectivity index (χ4v) is 5.26. The van der Waals surface area contributed by atoms with Gasteiger partial charge in [0.15, 0.2) is 6.04 Å². The highest BCUT2D eigenvalue weighted by Crippen LogP contribution is 2.35. The Labute approximate surface area is 205 Å². The minimum atomic E-state index is -0.851. The molecule has 34 heavy (non-hydrogen) atoms. The van der Waals surface area contributed by atoms with Crippen molar-refractivity contribution in [1.82, 2.24) is 14.9 Å². The maximum absolute atomic E-state index is 13.8. The number of amides is 2. The number of aryl methyl sites for hydroxylation is 1. The fourth-order valence-electron chi connectivity index (χ4n) is 4.52. The Bertz CT molecular complexity index is 1090. The predicted octanol–water partition coefficient (Wildman–Crippen LogP) is 5.03. The van der Waals surface area contributed by atoms with Crippen LogP contribution in [0.1, 0.15) is 81.5 Å². The molecule has 0 saturated heterocycles. The number of carbonyl (C=O) groups is 2. The van der Waals surface area contributed by atoms with Gasteiger partial charge in [0.2, 0.25) is 5.91 Å². The van der Waals surface area contributed by atoms with E-state index in [2.05, 4.69) is 40.7 Å². The van der Waals surface area contributed by atoms with Gasteiger partial charge in [-0.25, -0.2) is 0 Å². The van der Waals surface area contributed by atoms with Gasteiger partial charge in [0.1, 0.15) is 0 Å². The third-order valence-electron chi connectivity index (χ3n) is 6.55. The van der Waals surface area contributed by atoms with E-state index in [1.165, 1.54) is 18.0 Å². The Balaban J connectivity index is 1.76. The smallest absolute Gasteiger partial charge is 0.257 e. The van der Waals surface area contributed by atoms with Gasteiger partial charge in [-0.15, -0.1) is 5.10 Å². The van der Waals surface area contributed by atoms with Crippen molar-refractivity contribution in [2.75, 3.05) is 4.90 Å². The van der Waals surface area contributed by atoms with E-state index in [-0.39, 0.29) is 23.3 Å². The molecule has 1 N–H and O–H groups in total. The van der Waals surface area contributed by atoms with Crippen molar-refractivity contribution in [3.63, 3.8) is 0 Å². The van der Waals surface area contributed by atoms with Gasteiger partial charge < -0.3 is 5.32 Å². The van der Waals surface area contributed by atoms with Crippen molar-refractivity contribution < 1.29 is 9.59 Å². The lowest BCUT2D eigenvalue weighted by Crippen LogP contribution is -2.47. The molecule has 8 heteroatoms. The molecule has 2 heterocycles. The molecule has 1 aromatic heterocycles. The standard InChI is InChI=1S/C26H33N5O2S/c1-17-23(34-30-29-17)22(24(32)28-20-8-6-5-7-9-20)31(25(33)18-14-15-27-16-18)21-12-10-19(11-13-21)26(2,3)4/h10-13,15-16,20,22H,5-9,14H2,1-4H3,(H,28,32). The quantitative estimate of drug-likeness (QED) is 0.630. The highest BCUT2D eigenvalue weighted by Gasteiger charge is 2.38. The molecule has 1 atom stereocenters. The zero-order valence-electron chi connectivity index (χ0n) is 20.4. The van der Waals surface area contributed by atoms with Gasteiger partial charge in [-0.2, -0.15) is 0 Å². The highest BCUT2D eigenvalue weighted by atomic mass is 32.1. The van der Waals surface area contributed by atoms with Crippen LogP contribution in [0.2, 0.25) is 0 Å². The number of nitrogens with one attached hydrogen (secondary N) is 1. The summed E-state index contributed by atoms with van der Waals surface area (Å²) >= 11 is 1.17. The zero-order valence-corrected chi connectivity index (χ0v) is 21.2. The molecule has 1 saturated carbocycles. The summed E-state index contributed by atoms with van der Waals surface area (Å²) in [6.45, 7) is 8.29. The van der Waals surface area contributed by atoms with Gasteiger partial charge in [0.25, 0.3) is 5.91 Å². The van der Waals surface area contributed by atoms with Gasteiger partial charge in [-0.3, -0.25) is 19.5 Å². The first-order valence-electron chi connectivity index (χ1n) is 12.0. The summed E-state index contributed by atoms with van der Waals surface area (Å²) in [5, 5.41) is 7.39. The van der Waals surface area contributed by atoms with Crippen LogP contribution >= 0.6 is 11.5 Å². The van der Waals surface area contributed by atoms with Crippen molar-refractivity contribution in [1.29, 1.82) is 0 Å². The van der Waals surface area contributed by atoms with Crippen LogP contribution in [0.4, 0.5) is 5.69 Å². The van der Waals surface area contributed by atoms with Crippen molar-refractivity contribution in [3.8, 4) is 0 Å². The Morgan fingerprint density at radius 1 is 1.12 bits per heavy atom. The molecule has 0 bridgehead atoms. The van der Waals surface area contributed by atoms with Gasteiger partial charge in [-0.1, -0.05) is 56.7 Å². The SMILES string of the molecule is Cc1nnsc1C(C(=O)NC1CCCCC1)N(C(=O)C1=CN=CC1)c1ccc(C(C)(C)C)cc1. The number of aliphatic imine (C=N–C) groups is 1. The van der Waals surface area contributed by atoms with Crippen molar-refractivity contribution >= 4 is 35.2 Å². The van der Waals surface area contributed by atoms with Crippen LogP contribution in [-0.2, 0) is 15.0 Å². The summed E-state index contributed by atoms with van der Waals surface area (Å²) in [7, 11) is 0. The van der Waals surface area contributed by atoms with E-state index in [4.69, 9.17) is 0 Å². The number of hydrogen-bond acceptors (Lipinski definition) is 6. The Kier molecular flexibility index (Phi) is 7.26. The largest absolute Gasteiger partial charge is 0.351 e. The summed E-state index contributed by atoms with van der Waals surface area (Å²) in [6.07, 6.45) is 9.10. The molecule has 2 amide bonds. The van der Waals surface area contributed by atoms with Crippen LogP contribution < -0.4 is 10.2 Å². The molecular formula is C26H33N5O2S. The maximum Gasteiger partial charge on any atom is 0.257 e. The number of nitrogens with zero attached hydrogens (tertiary/aromatic N) is 4. The Morgan fingerprint density at radius 2 is 1.82 bits per heavy atom. The molecule has 0 radical (unpaired) electrons. The van der Waals surface area contributed by atoms with Crippen LogP contribution in [0.25, 0.3) is 0 Å². The fraction of sp³-hybridized carbons (Fsp3) is 0.500. The first-order chi connectivity index (χ1) is 16.3. The summed E-state index contributed by atoms with van der Waals surface area (Å²) in [5.74, 6) is -0.411. The minimum absolute atomic E-state index is 0.0227. The molecule has 0 spiro atoms. The molecule has 2 aromatic rings. The molecule has 1 fully saturated rings. The molecule has 7 nitrogen and oxygen atoms in total. The number of benzene rings is 1. The zero-order chi connectivity index (χ0) is 24.3. The Hall–Kier alpha value is -2.87. The van der Waals surface area contributed by atoms with Gasteiger partial charge >= 0.3 is 0 Å². The molecule has 1 aromatic carbocycles. The number of carbonyl (C=O) groups excluding carboxylic acids is 2. The van der Waals surface area contributed by atoms with Crippen molar-refractivity contribution in [3.05, 3.63) is 52.2 Å². The van der Waals surface area contributed by atoms with E-state index in [0.717, 1.165) is 31.2 Å². The lowest BCUT2D eigenvalue weighted by atomic mass is 9.87. The topological polar surface area (TPSA) is 87.5 Å². The van der Waals surface area contributed by atoms with Crippen LogP contribution in [0.15, 0.2) is 41.0 Å². The third-order valence-corrected chi connectivity index (χ3v) is 7.42. The molecular weight excluding hydrogens is 446 g/mol. The molecule has 1 unspecified atom stereocenters. The second kappa shape index (κ2) is 10.2. The minimum Gasteiger partial charge on any atom is -0.351 e. The maximum atomic E-state index is 13.8. The molecule has 4 rings (SSSR count). The van der Waals surface area contributed by atoms with E-state index in [1.54, 1.807) is 17.3 Å². The van der Waals surface area contributed by atoms with Crippen molar-refractivity contribution in [2.45, 2.75) is 83.7 Å². The van der Waals surface area contributed by atoms with E-state index in [0.29, 0.717) is 28.3 Å². The second-order valence-corrected chi connectivity index (χ2v) is 10.9. The molecule has 1 aliphatic heterocycles. The first-order valence-corrected chi connectivity index (χ1v) is 12.8. The van der Waals surface area contributed by atoms with Gasteiger partial charge in [-0.05, 0) is 54.4 Å². The average molecular weight is 480 g/mol. The first kappa shape index (κ1) is 24.3. The molecule has 1 aliphatic carbocycles. The second-order valence-electron chi connectivity index (χ2n) is 10.1. The van der Waals surface area contributed by atoms with Crippen LogP contribution in [-0.4, -0.2) is 33.7 Å². The van der Waals surface area contributed by atoms with Crippen LogP contribution in [0, 0.1) is 6.92 Å². The lowest BCUT2D eigenvalue weighted by molar-refractivity contribution is -0.126. The van der Waals surface area contributed by atoms with Crippen molar-refractivity contribution in [2.24, 2.45) is 4.99 Å². The lowest BCUT2D eigenvalue weighted by Gasteiger charge is -2.33. The van der Waals surface area contributed by atoms with Crippen LogP contribution in [0.5, 0.6) is 0 Å². The van der Waals surface area contributed by atoms with Gasteiger partial charge in [0, 0.05) is 36.1 Å². The summed E-state index contributed by atoms with van der Waals surface area (Å²) in [6, 6.07) is 7.20. The summed E-state index contributed by atoms with van der Waals surface area (Å²) in [5.41, 5.74) is 3.03. The molecule has 180 valence electrons. The Morgan fingerprint density at radius 3 is 2.38 bits per heavy atom. The summed E-state index contributed by atoms with van der Waals surface area (Å²) in [4.78, 5) is 34.1. The summed E-state index contributed by atoms with van der Waals surface area (Å²) < 4.78 is 4.09. The van der Waals surface area contributed by atoms with E-state index in [1.807, 2.05) is 31.2 Å². The predicted molar refractivity (Wildman–Crippen MR) is 136 cm³/mol. The van der Waals surface area contributed by atoms with E-state index >= 15 is 0 Å². The third kappa shape index (κ3) is 5.27. The average Bonchev–Trinajstić information content (AvgIpc) is 3.49. The molecule has 2 aliphatic rings. The number of anilines is 1. The van der Waals surface area contributed by atoms with E-state index < -0.39 is 6.04 Å². The number of aromatic nitrogens is 2. The highest BCUT2D eigenvalue weighted by molar-refractivity contribution is 7.05. The normalized spacial score (nSPS) is 17.4. The number of hydrogen-bond donors (Lipinski definition) is 1. The monoisotopic (exact) mass is 479 g/mol. The van der Waals surface area contributed by atoms with Crippen LogP contribution in [0.3, 0.4) is 0 Å². The van der Waals surface area contributed by atoms with Gasteiger partial charge in [0.05, 0.1) is 10.6 Å². The number of rotatable bonds is 6.